The number of likely N-dealkylation sites (tertiary alicyclic amines) is 1. The van der Waals surface area contributed by atoms with Gasteiger partial charge >= 0.3 is 0 Å². The third-order valence-electron chi connectivity index (χ3n) is 4.14. The van der Waals surface area contributed by atoms with E-state index in [1.54, 1.807) is 0 Å². The Hall–Kier alpha value is -0.540. The van der Waals surface area contributed by atoms with Crippen LogP contribution < -0.4 is 0 Å². The van der Waals surface area contributed by atoms with E-state index < -0.39 is 0 Å². The van der Waals surface area contributed by atoms with Crippen molar-refractivity contribution in [3.05, 3.63) is 12.3 Å². The van der Waals surface area contributed by atoms with Crippen molar-refractivity contribution in [1.29, 1.82) is 0 Å². The lowest BCUT2D eigenvalue weighted by Crippen LogP contribution is -2.45. The first-order valence-electron chi connectivity index (χ1n) is 7.82. The molecule has 3 nitrogen and oxygen atoms in total. The van der Waals surface area contributed by atoms with E-state index >= 15 is 0 Å². The first-order chi connectivity index (χ1) is 9.08. The minimum absolute atomic E-state index is 0.525. The number of likely N-dealkylation sites (N-methyl/N-ethyl adjacent to an activating group) is 1. The van der Waals surface area contributed by atoms with Crippen LogP contribution in [0.1, 0.15) is 40.0 Å². The fourth-order valence-corrected chi connectivity index (χ4v) is 2.87. The highest BCUT2D eigenvalue weighted by Crippen LogP contribution is 2.23. The van der Waals surface area contributed by atoms with Gasteiger partial charge in [-0.15, -0.1) is 0 Å². The Labute approximate surface area is 119 Å². The lowest BCUT2D eigenvalue weighted by molar-refractivity contribution is 0.104. The van der Waals surface area contributed by atoms with E-state index in [-0.39, 0.29) is 0 Å². The second-order valence-corrected chi connectivity index (χ2v) is 5.83. The van der Waals surface area contributed by atoms with Gasteiger partial charge in [-0.25, -0.2) is 0 Å². The number of piperidine rings is 1. The molecule has 1 saturated heterocycles. The molecule has 1 aliphatic heterocycles. The third kappa shape index (κ3) is 5.53. The first-order valence-corrected chi connectivity index (χ1v) is 7.82. The molecule has 0 aliphatic carbocycles. The maximum atomic E-state index is 5.59. The van der Waals surface area contributed by atoms with Crippen LogP contribution in [0.25, 0.3) is 0 Å². The first kappa shape index (κ1) is 16.5. The van der Waals surface area contributed by atoms with Gasteiger partial charge in [0.1, 0.15) is 0 Å². The van der Waals surface area contributed by atoms with Gasteiger partial charge in [0.25, 0.3) is 0 Å². The van der Waals surface area contributed by atoms with Gasteiger partial charge in [0.05, 0.1) is 12.4 Å². The summed E-state index contributed by atoms with van der Waals surface area (Å²) in [6, 6.07) is 0.624. The second-order valence-electron chi connectivity index (χ2n) is 5.83. The number of hydrogen-bond donors (Lipinski definition) is 0. The minimum Gasteiger partial charge on any atom is -0.499 e. The Bertz CT molecular complexity index is 267. The van der Waals surface area contributed by atoms with Crippen molar-refractivity contribution in [2.24, 2.45) is 5.92 Å². The molecule has 0 spiro atoms. The monoisotopic (exact) mass is 268 g/mol. The summed E-state index contributed by atoms with van der Waals surface area (Å²) in [4.78, 5) is 5.04. The molecule has 2 atom stereocenters. The van der Waals surface area contributed by atoms with Gasteiger partial charge in [-0.1, -0.05) is 13.5 Å². The molecule has 1 aliphatic rings. The highest BCUT2D eigenvalue weighted by Gasteiger charge is 2.24. The Morgan fingerprint density at radius 1 is 1.47 bits per heavy atom. The van der Waals surface area contributed by atoms with Gasteiger partial charge in [-0.2, -0.15) is 0 Å². The summed E-state index contributed by atoms with van der Waals surface area (Å²) in [6.07, 6.45) is 3.72. The lowest BCUT2D eigenvalue weighted by atomic mass is 9.96. The second kappa shape index (κ2) is 8.60. The quantitative estimate of drug-likeness (QED) is 0.629. The molecular weight excluding hydrogens is 236 g/mol. The summed E-state index contributed by atoms with van der Waals surface area (Å²) < 4.78 is 5.59. The molecule has 0 radical (unpaired) electrons. The topological polar surface area (TPSA) is 15.7 Å². The molecule has 0 aromatic heterocycles. The molecule has 1 rings (SSSR count). The van der Waals surface area contributed by atoms with Crippen molar-refractivity contribution in [3.8, 4) is 0 Å². The van der Waals surface area contributed by atoms with Crippen LogP contribution in [0, 0.1) is 5.92 Å². The molecule has 1 fully saturated rings. The molecule has 0 saturated carbocycles. The van der Waals surface area contributed by atoms with E-state index in [9.17, 15) is 0 Å². The maximum Gasteiger partial charge on any atom is 0.0931 e. The Kier molecular flexibility index (Phi) is 7.47. The zero-order valence-electron chi connectivity index (χ0n) is 13.3. The third-order valence-corrected chi connectivity index (χ3v) is 4.14. The summed E-state index contributed by atoms with van der Waals surface area (Å²) >= 11 is 0. The van der Waals surface area contributed by atoms with Crippen LogP contribution in [0.2, 0.25) is 0 Å². The predicted octanol–water partition coefficient (Wildman–Crippen LogP) is 2.98. The van der Waals surface area contributed by atoms with Gasteiger partial charge in [-0.3, -0.25) is 0 Å². The number of ether oxygens (including phenoxy) is 1. The van der Waals surface area contributed by atoms with Gasteiger partial charge in [0.2, 0.25) is 0 Å². The summed E-state index contributed by atoms with van der Waals surface area (Å²) in [7, 11) is 2.23. The molecule has 0 bridgehead atoms. The van der Waals surface area contributed by atoms with Crippen LogP contribution in [0.5, 0.6) is 0 Å². The van der Waals surface area contributed by atoms with Crippen LogP contribution >= 0.6 is 0 Å². The molecule has 0 N–H and O–H groups in total. The van der Waals surface area contributed by atoms with Crippen LogP contribution in [-0.2, 0) is 4.74 Å². The van der Waals surface area contributed by atoms with Crippen molar-refractivity contribution in [3.63, 3.8) is 0 Å². The van der Waals surface area contributed by atoms with Gasteiger partial charge in [0, 0.05) is 25.0 Å². The van der Waals surface area contributed by atoms with Gasteiger partial charge in [0.15, 0.2) is 0 Å². The predicted molar refractivity (Wildman–Crippen MR) is 82.3 cm³/mol. The molecule has 19 heavy (non-hydrogen) atoms. The van der Waals surface area contributed by atoms with Crippen molar-refractivity contribution in [2.45, 2.75) is 46.1 Å². The number of hydrogen-bond acceptors (Lipinski definition) is 3. The molecule has 1 heterocycles. The highest BCUT2D eigenvalue weighted by atomic mass is 16.5. The molecule has 3 heteroatoms. The van der Waals surface area contributed by atoms with E-state index in [1.165, 1.54) is 32.4 Å². The summed E-state index contributed by atoms with van der Waals surface area (Å²) in [5.74, 6) is 1.51. The Balaban J connectivity index is 2.40. The van der Waals surface area contributed by atoms with E-state index in [2.05, 4.69) is 37.3 Å². The van der Waals surface area contributed by atoms with E-state index in [4.69, 9.17) is 4.74 Å². The molecule has 0 aromatic rings. The molecule has 112 valence electrons. The number of nitrogens with zero attached hydrogens (tertiary/aromatic N) is 2. The molecule has 2 unspecified atom stereocenters. The largest absolute Gasteiger partial charge is 0.499 e. The van der Waals surface area contributed by atoms with Crippen LogP contribution in [0.15, 0.2) is 12.3 Å². The molecule has 0 amide bonds. The van der Waals surface area contributed by atoms with E-state index in [0.717, 1.165) is 25.5 Å². The van der Waals surface area contributed by atoms with Gasteiger partial charge < -0.3 is 14.5 Å². The summed E-state index contributed by atoms with van der Waals surface area (Å²) in [6.45, 7) is 16.1. The zero-order valence-corrected chi connectivity index (χ0v) is 13.3. The van der Waals surface area contributed by atoms with Gasteiger partial charge in [-0.05, 0) is 53.2 Å². The van der Waals surface area contributed by atoms with Crippen molar-refractivity contribution in [1.82, 2.24) is 9.80 Å². The molecular formula is C16H32N2O. The van der Waals surface area contributed by atoms with Crippen molar-refractivity contribution >= 4 is 0 Å². The van der Waals surface area contributed by atoms with Crippen molar-refractivity contribution in [2.75, 3.05) is 39.8 Å². The average molecular weight is 268 g/mol. The maximum absolute atomic E-state index is 5.59. The lowest BCUT2D eigenvalue weighted by Gasteiger charge is -2.36. The smallest absolute Gasteiger partial charge is 0.0931 e. The van der Waals surface area contributed by atoms with Crippen LogP contribution in [-0.4, -0.2) is 55.7 Å². The molecule has 0 aromatic carbocycles. The minimum atomic E-state index is 0.525. The van der Waals surface area contributed by atoms with E-state index in [1.807, 2.05) is 6.92 Å². The standard InChI is InChI=1S/C16H32N2O/c1-6-10-17(5)14(3)12-18-11-8-9-16(13-18)15(4)19-7-2/h14,16H,4,6-13H2,1-3,5H3. The number of rotatable bonds is 8. The highest BCUT2D eigenvalue weighted by molar-refractivity contribution is 4.95. The van der Waals surface area contributed by atoms with E-state index in [0.29, 0.717) is 12.0 Å². The van der Waals surface area contributed by atoms with Crippen molar-refractivity contribution < 1.29 is 4.74 Å². The Morgan fingerprint density at radius 3 is 2.84 bits per heavy atom. The SMILES string of the molecule is C=C(OCC)C1CCCN(CC(C)N(C)CCC)C1. The summed E-state index contributed by atoms with van der Waals surface area (Å²) in [5.41, 5.74) is 0. The normalized spacial score (nSPS) is 22.5. The Morgan fingerprint density at radius 2 is 2.21 bits per heavy atom. The fraction of sp³-hybridized carbons (Fsp3) is 0.875. The summed E-state index contributed by atoms with van der Waals surface area (Å²) in [5, 5.41) is 0. The van der Waals surface area contributed by atoms with Crippen LogP contribution in [0.4, 0.5) is 0 Å². The average Bonchev–Trinajstić information content (AvgIpc) is 2.39. The fourth-order valence-electron chi connectivity index (χ4n) is 2.87. The zero-order chi connectivity index (χ0) is 14.3. The van der Waals surface area contributed by atoms with Crippen LogP contribution in [0.3, 0.4) is 0 Å².